The topological polar surface area (TPSA) is 26.3 Å². The Bertz CT molecular complexity index is 215. The van der Waals surface area contributed by atoms with Gasteiger partial charge >= 0.3 is 0 Å². The van der Waals surface area contributed by atoms with Gasteiger partial charge in [0.25, 0.3) is 0 Å². The van der Waals surface area contributed by atoms with Crippen LogP contribution in [-0.4, -0.2) is 18.5 Å². The zero-order valence-corrected chi connectivity index (χ0v) is 11.1. The van der Waals surface area contributed by atoms with Gasteiger partial charge in [0, 0.05) is 13.5 Å². The average Bonchev–Trinajstić information content (AvgIpc) is 2.31. The Morgan fingerprint density at radius 1 is 1.25 bits per heavy atom. The first kappa shape index (κ1) is 13.7. The van der Waals surface area contributed by atoms with Gasteiger partial charge in [-0.3, -0.25) is 4.79 Å². The Hall–Kier alpha value is -0.370. The molecule has 0 unspecified atom stereocenters. The van der Waals surface area contributed by atoms with Crippen molar-refractivity contribution >= 4 is 5.78 Å². The summed E-state index contributed by atoms with van der Waals surface area (Å²) in [7, 11) is 1.70. The highest BCUT2D eigenvalue weighted by Crippen LogP contribution is 2.37. The summed E-state index contributed by atoms with van der Waals surface area (Å²) in [5.41, 5.74) is -0.430. The molecule has 0 atom stereocenters. The highest BCUT2D eigenvalue weighted by atomic mass is 16.5. The van der Waals surface area contributed by atoms with Gasteiger partial charge in [0.15, 0.2) is 5.78 Å². The number of carbonyl (C=O) groups excluding carboxylic acids is 1. The summed E-state index contributed by atoms with van der Waals surface area (Å²) in [5, 5.41) is 0. The van der Waals surface area contributed by atoms with Gasteiger partial charge in [0.2, 0.25) is 0 Å². The minimum absolute atomic E-state index is 0.326. The standard InChI is InChI=1S/C14H26O2/c1-4-6-12-8-10-14(16-3,11-9-12)13(15)7-5-2/h12H,4-11H2,1-3H3. The molecule has 0 aromatic carbocycles. The maximum absolute atomic E-state index is 12.1. The van der Waals surface area contributed by atoms with Crippen LogP contribution in [0.2, 0.25) is 0 Å². The Labute approximate surface area is 99.8 Å². The molecule has 94 valence electrons. The van der Waals surface area contributed by atoms with Crippen molar-refractivity contribution in [3.8, 4) is 0 Å². The molecule has 0 N–H and O–H groups in total. The number of methoxy groups -OCH3 is 1. The second-order valence-corrected chi connectivity index (χ2v) is 5.10. The summed E-state index contributed by atoms with van der Waals surface area (Å²) in [5.74, 6) is 1.15. The minimum atomic E-state index is -0.430. The Balaban J connectivity index is 2.54. The molecule has 2 nitrogen and oxygen atoms in total. The predicted octanol–water partition coefficient (Wildman–Crippen LogP) is 3.73. The lowest BCUT2D eigenvalue weighted by Gasteiger charge is -2.38. The average molecular weight is 226 g/mol. The second-order valence-electron chi connectivity index (χ2n) is 5.10. The lowest BCUT2D eigenvalue weighted by molar-refractivity contribution is -0.146. The van der Waals surface area contributed by atoms with Crippen LogP contribution in [0.3, 0.4) is 0 Å². The van der Waals surface area contributed by atoms with Gasteiger partial charge in [0.1, 0.15) is 5.60 Å². The van der Waals surface area contributed by atoms with Crippen molar-refractivity contribution in [2.75, 3.05) is 7.11 Å². The summed E-state index contributed by atoms with van der Waals surface area (Å²) >= 11 is 0. The zero-order chi connectivity index (χ0) is 12.0. The first-order valence-electron chi connectivity index (χ1n) is 6.77. The van der Waals surface area contributed by atoms with Gasteiger partial charge in [-0.1, -0.05) is 26.7 Å². The van der Waals surface area contributed by atoms with Crippen molar-refractivity contribution in [3.63, 3.8) is 0 Å². The predicted molar refractivity (Wildman–Crippen MR) is 66.5 cm³/mol. The molecule has 1 saturated carbocycles. The largest absolute Gasteiger partial charge is 0.370 e. The van der Waals surface area contributed by atoms with Crippen molar-refractivity contribution in [2.45, 2.75) is 70.8 Å². The Morgan fingerprint density at radius 3 is 2.31 bits per heavy atom. The van der Waals surface area contributed by atoms with Crippen LogP contribution in [0.1, 0.15) is 65.2 Å². The molecule has 0 heterocycles. The fourth-order valence-corrected chi connectivity index (χ4v) is 2.89. The number of ketones is 1. The van der Waals surface area contributed by atoms with Crippen molar-refractivity contribution < 1.29 is 9.53 Å². The molecule has 2 heteroatoms. The summed E-state index contributed by atoms with van der Waals surface area (Å²) < 4.78 is 5.57. The van der Waals surface area contributed by atoms with E-state index in [-0.39, 0.29) is 0 Å². The van der Waals surface area contributed by atoms with Crippen LogP contribution >= 0.6 is 0 Å². The van der Waals surface area contributed by atoms with E-state index in [1.807, 2.05) is 0 Å². The van der Waals surface area contributed by atoms with Crippen molar-refractivity contribution in [1.29, 1.82) is 0 Å². The van der Waals surface area contributed by atoms with Gasteiger partial charge in [-0.25, -0.2) is 0 Å². The van der Waals surface area contributed by atoms with Crippen molar-refractivity contribution in [3.05, 3.63) is 0 Å². The van der Waals surface area contributed by atoms with E-state index in [4.69, 9.17) is 4.74 Å². The fraction of sp³-hybridized carbons (Fsp3) is 0.929. The lowest BCUT2D eigenvalue weighted by Crippen LogP contribution is -2.44. The number of rotatable bonds is 6. The maximum Gasteiger partial charge on any atom is 0.164 e. The van der Waals surface area contributed by atoms with E-state index in [0.717, 1.165) is 38.0 Å². The van der Waals surface area contributed by atoms with Crippen LogP contribution in [0.4, 0.5) is 0 Å². The number of carbonyl (C=O) groups is 1. The highest BCUT2D eigenvalue weighted by Gasteiger charge is 2.40. The fourth-order valence-electron chi connectivity index (χ4n) is 2.89. The van der Waals surface area contributed by atoms with Gasteiger partial charge in [-0.05, 0) is 38.0 Å². The Kier molecular flexibility index (Phi) is 5.47. The quantitative estimate of drug-likeness (QED) is 0.689. The molecule has 16 heavy (non-hydrogen) atoms. The molecule has 0 amide bonds. The first-order valence-corrected chi connectivity index (χ1v) is 6.77. The van der Waals surface area contributed by atoms with Crippen LogP contribution < -0.4 is 0 Å². The minimum Gasteiger partial charge on any atom is -0.370 e. The highest BCUT2D eigenvalue weighted by molar-refractivity contribution is 5.87. The van der Waals surface area contributed by atoms with E-state index >= 15 is 0 Å². The van der Waals surface area contributed by atoms with Gasteiger partial charge < -0.3 is 4.74 Å². The van der Waals surface area contributed by atoms with E-state index < -0.39 is 5.60 Å². The summed E-state index contributed by atoms with van der Waals surface area (Å²) in [6, 6.07) is 0. The molecule has 1 aliphatic carbocycles. The molecule has 0 saturated heterocycles. The molecule has 1 fully saturated rings. The second kappa shape index (κ2) is 6.39. The first-order chi connectivity index (χ1) is 7.68. The van der Waals surface area contributed by atoms with Crippen LogP contribution in [0.5, 0.6) is 0 Å². The zero-order valence-electron chi connectivity index (χ0n) is 11.1. The molecule has 0 aromatic rings. The van der Waals surface area contributed by atoms with Gasteiger partial charge in [0.05, 0.1) is 0 Å². The van der Waals surface area contributed by atoms with Crippen LogP contribution in [0.25, 0.3) is 0 Å². The van der Waals surface area contributed by atoms with E-state index in [1.165, 1.54) is 12.8 Å². The third-order valence-corrected chi connectivity index (χ3v) is 3.99. The molecule has 0 radical (unpaired) electrons. The van der Waals surface area contributed by atoms with E-state index in [2.05, 4.69) is 13.8 Å². The lowest BCUT2D eigenvalue weighted by atomic mass is 9.74. The smallest absolute Gasteiger partial charge is 0.164 e. The third-order valence-electron chi connectivity index (χ3n) is 3.99. The molecule has 0 aromatic heterocycles. The SMILES string of the molecule is CCCC(=O)C1(OC)CCC(CCC)CC1. The van der Waals surface area contributed by atoms with E-state index in [0.29, 0.717) is 12.2 Å². The molecule has 0 aliphatic heterocycles. The van der Waals surface area contributed by atoms with Gasteiger partial charge in [-0.2, -0.15) is 0 Å². The van der Waals surface area contributed by atoms with Crippen LogP contribution in [0.15, 0.2) is 0 Å². The number of ether oxygens (including phenoxy) is 1. The van der Waals surface area contributed by atoms with Crippen molar-refractivity contribution in [1.82, 2.24) is 0 Å². The molecule has 0 bridgehead atoms. The molecule has 0 spiro atoms. The molecular formula is C14H26O2. The van der Waals surface area contributed by atoms with E-state index in [9.17, 15) is 4.79 Å². The third kappa shape index (κ3) is 3.07. The summed E-state index contributed by atoms with van der Waals surface area (Å²) in [6.07, 6.45) is 8.37. The van der Waals surface area contributed by atoms with Crippen molar-refractivity contribution in [2.24, 2.45) is 5.92 Å². The van der Waals surface area contributed by atoms with Crippen LogP contribution in [0, 0.1) is 5.92 Å². The normalized spacial score (nSPS) is 30.3. The number of hydrogen-bond donors (Lipinski definition) is 0. The number of hydrogen-bond acceptors (Lipinski definition) is 2. The molecular weight excluding hydrogens is 200 g/mol. The summed E-state index contributed by atoms with van der Waals surface area (Å²) in [6.45, 7) is 4.30. The number of Topliss-reactive ketones (excluding diaryl/α,β-unsaturated/α-hetero) is 1. The monoisotopic (exact) mass is 226 g/mol. The Morgan fingerprint density at radius 2 is 1.88 bits per heavy atom. The maximum atomic E-state index is 12.1. The van der Waals surface area contributed by atoms with Gasteiger partial charge in [-0.15, -0.1) is 0 Å². The molecule has 1 aliphatic rings. The summed E-state index contributed by atoms with van der Waals surface area (Å²) in [4.78, 5) is 12.1. The molecule has 1 rings (SSSR count). The van der Waals surface area contributed by atoms with E-state index in [1.54, 1.807) is 7.11 Å². The van der Waals surface area contributed by atoms with Crippen LogP contribution in [-0.2, 0) is 9.53 Å².